The van der Waals surface area contributed by atoms with Crippen molar-refractivity contribution in [3.63, 3.8) is 0 Å². The van der Waals surface area contributed by atoms with Gasteiger partial charge in [-0.05, 0) is 56.3 Å². The molecule has 0 aliphatic heterocycles. The van der Waals surface area contributed by atoms with Crippen LogP contribution in [0.1, 0.15) is 59.3 Å². The van der Waals surface area contributed by atoms with Crippen LogP contribution in [0.2, 0.25) is 0 Å². The van der Waals surface area contributed by atoms with Gasteiger partial charge in [0.05, 0.1) is 5.92 Å². The van der Waals surface area contributed by atoms with Crippen LogP contribution in [0.15, 0.2) is 0 Å². The zero-order valence-corrected chi connectivity index (χ0v) is 16.7. The van der Waals surface area contributed by atoms with Crippen molar-refractivity contribution >= 4 is 5.97 Å². The predicted molar refractivity (Wildman–Crippen MR) is 91.5 cm³/mol. The molecule has 3 aliphatic rings. The van der Waals surface area contributed by atoms with Crippen LogP contribution in [-0.2, 0) is 9.53 Å². The summed E-state index contributed by atoms with van der Waals surface area (Å²) in [5.74, 6) is -2.39. The van der Waals surface area contributed by atoms with Crippen molar-refractivity contribution in [1.82, 2.24) is 0 Å². The lowest BCUT2D eigenvalue weighted by Crippen LogP contribution is -2.73. The van der Waals surface area contributed by atoms with Crippen LogP contribution in [0.3, 0.4) is 0 Å². The summed E-state index contributed by atoms with van der Waals surface area (Å²) in [6, 6.07) is 0. The van der Waals surface area contributed by atoms with E-state index in [9.17, 15) is 36.2 Å². The summed E-state index contributed by atoms with van der Waals surface area (Å²) >= 11 is 0. The summed E-state index contributed by atoms with van der Waals surface area (Å²) in [7, 11) is 0. The first kappa shape index (κ1) is 22.7. The van der Waals surface area contributed by atoms with Gasteiger partial charge in [0.15, 0.2) is 5.60 Å². The van der Waals surface area contributed by atoms with Gasteiger partial charge in [0.2, 0.25) is 0 Å². The maximum absolute atomic E-state index is 13.7. The van der Waals surface area contributed by atoms with Gasteiger partial charge in [0.1, 0.15) is 0 Å². The Bertz CT molecular complexity index is 623. The van der Waals surface area contributed by atoms with Crippen molar-refractivity contribution in [3.8, 4) is 0 Å². The van der Waals surface area contributed by atoms with Crippen molar-refractivity contribution in [2.75, 3.05) is 0 Å². The number of rotatable bonds is 4. The Morgan fingerprint density at radius 3 is 1.86 bits per heavy atom. The number of fused-ring (bicyclic) bond motifs is 2. The third-order valence-corrected chi connectivity index (χ3v) is 8.19. The minimum absolute atomic E-state index is 0.0302. The lowest BCUT2D eigenvalue weighted by atomic mass is 9.72. The lowest BCUT2D eigenvalue weighted by molar-refractivity contribution is -0.417. The minimum atomic E-state index is -6.04. The second-order valence-corrected chi connectivity index (χ2v) is 9.44. The van der Waals surface area contributed by atoms with E-state index in [2.05, 4.69) is 0 Å². The molecule has 0 aromatic heterocycles. The van der Waals surface area contributed by atoms with Crippen molar-refractivity contribution in [1.29, 1.82) is 0 Å². The Kier molecular flexibility index (Phi) is 5.49. The van der Waals surface area contributed by atoms with Gasteiger partial charge in [-0.15, -0.1) is 0 Å². The smallest absolute Gasteiger partial charge is 0.430 e. The maximum Gasteiger partial charge on any atom is 0.430 e. The number of carbonyl (C=O) groups excluding carboxylic acids is 1. The zero-order valence-electron chi connectivity index (χ0n) is 16.7. The number of alkyl halides is 6. The Morgan fingerprint density at radius 1 is 0.931 bits per heavy atom. The Hall–Kier alpha value is -0.990. The summed E-state index contributed by atoms with van der Waals surface area (Å²) in [5.41, 5.74) is -8.26. The van der Waals surface area contributed by atoms with E-state index in [1.807, 2.05) is 13.8 Å². The van der Waals surface area contributed by atoms with E-state index in [1.165, 1.54) is 0 Å². The number of aliphatic hydroxyl groups is 1. The Labute approximate surface area is 166 Å². The molecule has 6 unspecified atom stereocenters. The largest absolute Gasteiger partial charge is 0.455 e. The standard InChI is InChI=1S/C20H28F6O3/c1-10-11(2)14-8-12(10)9-15(14)16(27)29-17(3,13-6-4-5-7-13)18(28,19(21,22)23)20(24,25)26/h10-15,28H,4-9H2,1-3H3. The van der Waals surface area contributed by atoms with E-state index >= 15 is 0 Å². The van der Waals surface area contributed by atoms with E-state index in [1.54, 1.807) is 0 Å². The Balaban J connectivity index is 1.96. The molecule has 0 heterocycles. The topological polar surface area (TPSA) is 46.5 Å². The molecule has 1 N–H and O–H groups in total. The van der Waals surface area contributed by atoms with Gasteiger partial charge < -0.3 is 9.84 Å². The highest BCUT2D eigenvalue weighted by atomic mass is 19.4. The molecule has 168 valence electrons. The monoisotopic (exact) mass is 430 g/mol. The second-order valence-electron chi connectivity index (χ2n) is 9.44. The number of halogens is 6. The van der Waals surface area contributed by atoms with E-state index in [0.29, 0.717) is 32.1 Å². The highest BCUT2D eigenvalue weighted by molar-refractivity contribution is 5.74. The van der Waals surface area contributed by atoms with Crippen LogP contribution in [0.4, 0.5) is 26.3 Å². The number of carbonyl (C=O) groups is 1. The molecule has 29 heavy (non-hydrogen) atoms. The molecule has 9 heteroatoms. The third kappa shape index (κ3) is 3.26. The first-order valence-corrected chi connectivity index (χ1v) is 10.2. The number of esters is 1. The molecule has 0 aromatic carbocycles. The average Bonchev–Trinajstić information content (AvgIpc) is 3.30. The molecule has 0 aromatic rings. The van der Waals surface area contributed by atoms with Crippen molar-refractivity contribution in [2.45, 2.75) is 82.9 Å². The summed E-state index contributed by atoms with van der Waals surface area (Å²) in [4.78, 5) is 12.9. The van der Waals surface area contributed by atoms with Gasteiger partial charge >= 0.3 is 18.3 Å². The lowest BCUT2D eigenvalue weighted by Gasteiger charge is -2.49. The van der Waals surface area contributed by atoms with Gasteiger partial charge in [-0.1, -0.05) is 26.7 Å². The molecule has 0 radical (unpaired) electrons. The van der Waals surface area contributed by atoms with Crippen molar-refractivity contribution in [2.24, 2.45) is 35.5 Å². The number of hydrogen-bond donors (Lipinski definition) is 1. The van der Waals surface area contributed by atoms with Crippen LogP contribution in [0.5, 0.6) is 0 Å². The second kappa shape index (κ2) is 7.02. The van der Waals surface area contributed by atoms with Crippen LogP contribution in [-0.4, -0.2) is 34.6 Å². The molecule has 3 saturated carbocycles. The van der Waals surface area contributed by atoms with Crippen molar-refractivity contribution in [3.05, 3.63) is 0 Å². The molecule has 2 bridgehead atoms. The molecule has 0 saturated heterocycles. The molecular weight excluding hydrogens is 402 g/mol. The van der Waals surface area contributed by atoms with E-state index in [4.69, 9.17) is 4.74 Å². The fraction of sp³-hybridized carbons (Fsp3) is 0.950. The number of ether oxygens (including phenoxy) is 1. The van der Waals surface area contributed by atoms with Crippen molar-refractivity contribution < 1.29 is 41.0 Å². The summed E-state index contributed by atoms with van der Waals surface area (Å²) < 4.78 is 87.2. The fourth-order valence-electron chi connectivity index (χ4n) is 6.15. The molecule has 0 amide bonds. The highest BCUT2D eigenvalue weighted by Crippen LogP contribution is 2.58. The molecule has 3 rings (SSSR count). The number of hydrogen-bond acceptors (Lipinski definition) is 3. The third-order valence-electron chi connectivity index (χ3n) is 8.19. The zero-order chi connectivity index (χ0) is 22.0. The van der Waals surface area contributed by atoms with Crippen LogP contribution in [0.25, 0.3) is 0 Å². The molecule has 3 nitrogen and oxygen atoms in total. The van der Waals surface area contributed by atoms with Crippen LogP contribution < -0.4 is 0 Å². The maximum atomic E-state index is 13.7. The highest BCUT2D eigenvalue weighted by Gasteiger charge is 2.81. The normalized spacial score (nSPS) is 35.7. The van der Waals surface area contributed by atoms with E-state index in [0.717, 1.165) is 6.42 Å². The van der Waals surface area contributed by atoms with E-state index in [-0.39, 0.29) is 30.6 Å². The fourth-order valence-corrected chi connectivity index (χ4v) is 6.15. The molecule has 3 fully saturated rings. The first-order chi connectivity index (χ1) is 13.1. The van der Waals surface area contributed by atoms with E-state index < -0.39 is 41.4 Å². The molecule has 6 atom stereocenters. The summed E-state index contributed by atoms with van der Waals surface area (Å²) in [6.07, 6.45) is -10.0. The quantitative estimate of drug-likeness (QED) is 0.489. The van der Waals surface area contributed by atoms with Crippen LogP contribution >= 0.6 is 0 Å². The van der Waals surface area contributed by atoms with Crippen LogP contribution in [0, 0.1) is 35.5 Å². The SMILES string of the molecule is CC1C2CC(C(=O)OC(C)(C3CCCC3)C(O)(C(F)(F)F)C(F)(F)F)C(C2)C1C. The van der Waals surface area contributed by atoms with Gasteiger partial charge in [-0.3, -0.25) is 4.79 Å². The molecule has 3 aliphatic carbocycles. The first-order valence-electron chi connectivity index (χ1n) is 10.2. The summed E-state index contributed by atoms with van der Waals surface area (Å²) in [5, 5.41) is 10.2. The minimum Gasteiger partial charge on any atom is -0.455 e. The van der Waals surface area contributed by atoms with Gasteiger partial charge in [-0.25, -0.2) is 0 Å². The summed E-state index contributed by atoms with van der Waals surface area (Å²) in [6.45, 7) is 4.61. The molecular formula is C20H28F6O3. The van der Waals surface area contributed by atoms with Gasteiger partial charge in [-0.2, -0.15) is 26.3 Å². The predicted octanol–water partition coefficient (Wildman–Crippen LogP) is 5.26. The van der Waals surface area contributed by atoms with Gasteiger partial charge in [0.25, 0.3) is 5.60 Å². The average molecular weight is 430 g/mol. The molecule has 0 spiro atoms. The van der Waals surface area contributed by atoms with Gasteiger partial charge in [0, 0.05) is 5.92 Å². The Morgan fingerprint density at radius 2 is 1.45 bits per heavy atom.